The van der Waals surface area contributed by atoms with Gasteiger partial charge in [-0.25, -0.2) is 37.5 Å². The van der Waals surface area contributed by atoms with E-state index in [1.54, 1.807) is 13.0 Å². The van der Waals surface area contributed by atoms with Crippen LogP contribution in [-0.2, 0) is 37.2 Å². The lowest BCUT2D eigenvalue weighted by molar-refractivity contribution is -0.164. The molecule has 5 aromatic rings. The Morgan fingerprint density at radius 2 is 1.53 bits per heavy atom. The second-order valence-electron chi connectivity index (χ2n) is 12.7. The van der Waals surface area contributed by atoms with Crippen LogP contribution in [0.25, 0.3) is 5.82 Å². The zero-order valence-corrected chi connectivity index (χ0v) is 28.2. The van der Waals surface area contributed by atoms with Crippen molar-refractivity contribution in [2.24, 2.45) is 0 Å². The number of aromatic nitrogens is 7. The number of nitrogens with zero attached hydrogens (tertiary/aromatic N) is 9. The van der Waals surface area contributed by atoms with Crippen LogP contribution < -0.4 is 10.6 Å². The zero-order valence-electron chi connectivity index (χ0n) is 28.2. The highest BCUT2D eigenvalue weighted by Gasteiger charge is 2.47. The quantitative estimate of drug-likeness (QED) is 0.195. The van der Waals surface area contributed by atoms with Gasteiger partial charge in [-0.15, -0.1) is 0 Å². The molecule has 1 fully saturated rings. The highest BCUT2D eigenvalue weighted by molar-refractivity contribution is 5.47. The first kappa shape index (κ1) is 39.3. The summed E-state index contributed by atoms with van der Waals surface area (Å²) in [5, 5.41) is 19.6. The van der Waals surface area contributed by atoms with Gasteiger partial charge >= 0.3 is 24.2 Å². The van der Waals surface area contributed by atoms with Gasteiger partial charge in [-0.2, -0.15) is 49.7 Å². The van der Waals surface area contributed by atoms with E-state index in [2.05, 4.69) is 20.2 Å². The Bertz CT molecular complexity index is 2190. The van der Waals surface area contributed by atoms with Crippen LogP contribution in [0.2, 0.25) is 0 Å². The van der Waals surface area contributed by atoms with E-state index in [1.807, 2.05) is 9.80 Å². The van der Waals surface area contributed by atoms with Gasteiger partial charge in [0.1, 0.15) is 42.0 Å². The topological polar surface area (TPSA) is 110 Å². The van der Waals surface area contributed by atoms with Crippen molar-refractivity contribution in [1.82, 2.24) is 39.0 Å². The predicted octanol–water partition coefficient (Wildman–Crippen LogP) is 5.50. The minimum atomic E-state index is -5.81. The molecule has 2 atom stereocenters. The van der Waals surface area contributed by atoms with E-state index in [0.29, 0.717) is 37.9 Å². The van der Waals surface area contributed by atoms with Gasteiger partial charge < -0.3 is 10.0 Å². The van der Waals surface area contributed by atoms with Crippen LogP contribution in [0.5, 0.6) is 0 Å². The molecule has 0 saturated carbocycles. The summed E-state index contributed by atoms with van der Waals surface area (Å²) >= 11 is 0. The van der Waals surface area contributed by atoms with E-state index < -0.39 is 82.4 Å². The summed E-state index contributed by atoms with van der Waals surface area (Å²) in [6, 6.07) is 4.33. The smallest absolute Gasteiger partial charge is 0.381 e. The monoisotopic (exact) mass is 791 g/mol. The number of benzene rings is 2. The third kappa shape index (κ3) is 8.04. The second-order valence-corrected chi connectivity index (χ2v) is 12.7. The number of halogens is 11. The highest BCUT2D eigenvalue weighted by atomic mass is 19.4. The molecule has 1 N–H and O–H groups in total. The maximum Gasteiger partial charge on any atom is 0.417 e. The number of anilines is 1. The minimum Gasteiger partial charge on any atom is -0.381 e. The summed E-state index contributed by atoms with van der Waals surface area (Å²) in [6.45, 7) is 1.55. The fourth-order valence-corrected chi connectivity index (χ4v) is 6.53. The molecule has 1 saturated heterocycles. The molecule has 6 rings (SSSR count). The molecular weight excluding hydrogens is 763 g/mol. The van der Waals surface area contributed by atoms with E-state index >= 15 is 4.39 Å². The van der Waals surface area contributed by atoms with Crippen molar-refractivity contribution in [1.29, 1.82) is 0 Å². The number of hydrogen-bond acceptors (Lipinski definition) is 8. The summed E-state index contributed by atoms with van der Waals surface area (Å²) in [5.41, 5.74) is -11.1. The van der Waals surface area contributed by atoms with Crippen molar-refractivity contribution in [3.8, 4) is 5.82 Å². The predicted molar refractivity (Wildman–Crippen MR) is 170 cm³/mol. The Kier molecular flexibility index (Phi) is 10.3. The fraction of sp³-hybridized carbons (Fsp3) is 0.364. The molecule has 1 aliphatic heterocycles. The number of rotatable bonds is 9. The second kappa shape index (κ2) is 14.4. The van der Waals surface area contributed by atoms with Crippen LogP contribution in [0, 0.1) is 11.6 Å². The lowest BCUT2D eigenvalue weighted by atomic mass is 9.85. The van der Waals surface area contributed by atoms with Crippen molar-refractivity contribution in [2.45, 2.75) is 50.2 Å². The Hall–Kier alpha value is -5.38. The van der Waals surface area contributed by atoms with E-state index in [9.17, 15) is 53.8 Å². The summed E-state index contributed by atoms with van der Waals surface area (Å²) in [7, 11) is 0. The number of pyridine rings is 1. The van der Waals surface area contributed by atoms with Gasteiger partial charge in [-0.3, -0.25) is 4.90 Å². The van der Waals surface area contributed by atoms with Crippen LogP contribution in [-0.4, -0.2) is 76.3 Å². The first-order valence-corrected chi connectivity index (χ1v) is 16.2. The van der Waals surface area contributed by atoms with E-state index in [4.69, 9.17) is 0 Å². The van der Waals surface area contributed by atoms with Gasteiger partial charge in [-0.1, -0.05) is 6.07 Å². The largest absolute Gasteiger partial charge is 0.417 e. The van der Waals surface area contributed by atoms with Gasteiger partial charge in [0, 0.05) is 43.9 Å². The van der Waals surface area contributed by atoms with Gasteiger partial charge in [0.2, 0.25) is 0 Å². The Morgan fingerprint density at radius 3 is 2.09 bits per heavy atom. The van der Waals surface area contributed by atoms with Crippen molar-refractivity contribution < 1.29 is 53.4 Å². The zero-order chi connectivity index (χ0) is 40.1. The van der Waals surface area contributed by atoms with Crippen LogP contribution in [0.1, 0.15) is 34.7 Å². The summed E-state index contributed by atoms with van der Waals surface area (Å²) in [5.74, 6) is -1.87. The Labute approximate surface area is 302 Å². The average Bonchev–Trinajstić information content (AvgIpc) is 3.75. The van der Waals surface area contributed by atoms with Crippen LogP contribution in [0.4, 0.5) is 54.0 Å². The van der Waals surface area contributed by atoms with Crippen molar-refractivity contribution >= 4 is 5.69 Å². The van der Waals surface area contributed by atoms with E-state index in [0.717, 1.165) is 17.0 Å². The molecule has 55 heavy (non-hydrogen) atoms. The SMILES string of the molecule is C[C@@H](N1CCN(c2ccc(-n3cnn(Cc4cc(C(F)(F)F)cc(C(F)(F)F)c4C(F)(F)F)c3=O)nc2)CC1)[C@](O)(Cn1cncn1)c1ccc(F)cc1F. The van der Waals surface area contributed by atoms with Crippen molar-refractivity contribution in [2.75, 3.05) is 31.1 Å². The molecule has 22 heteroatoms. The maximum atomic E-state index is 15.0. The molecule has 0 bridgehead atoms. The molecule has 0 aliphatic carbocycles. The number of aliphatic hydroxyl groups is 1. The fourth-order valence-electron chi connectivity index (χ4n) is 6.53. The molecule has 3 aromatic heterocycles. The number of alkyl halides is 9. The lowest BCUT2D eigenvalue weighted by Crippen LogP contribution is -2.57. The van der Waals surface area contributed by atoms with E-state index in [-0.39, 0.29) is 28.7 Å². The summed E-state index contributed by atoms with van der Waals surface area (Å²) in [4.78, 5) is 25.0. The third-order valence-corrected chi connectivity index (χ3v) is 9.35. The van der Waals surface area contributed by atoms with Crippen LogP contribution in [0.15, 0.2) is 72.4 Å². The Balaban J connectivity index is 1.19. The average molecular weight is 792 g/mol. The first-order chi connectivity index (χ1) is 25.7. The maximum absolute atomic E-state index is 15.0. The van der Waals surface area contributed by atoms with E-state index in [1.165, 1.54) is 35.7 Å². The van der Waals surface area contributed by atoms with Crippen molar-refractivity contribution in [3.63, 3.8) is 0 Å². The highest BCUT2D eigenvalue weighted by Crippen LogP contribution is 2.45. The first-order valence-electron chi connectivity index (χ1n) is 16.2. The molecule has 0 radical (unpaired) electrons. The molecule has 0 unspecified atom stereocenters. The minimum absolute atomic E-state index is 0.102. The molecule has 4 heterocycles. The molecule has 0 spiro atoms. The van der Waals surface area contributed by atoms with Crippen LogP contribution >= 0.6 is 0 Å². The van der Waals surface area contributed by atoms with Crippen molar-refractivity contribution in [3.05, 3.63) is 118 Å². The van der Waals surface area contributed by atoms with Gasteiger partial charge in [0.05, 0.1) is 41.7 Å². The Morgan fingerprint density at radius 1 is 0.818 bits per heavy atom. The van der Waals surface area contributed by atoms with Gasteiger partial charge in [0.15, 0.2) is 0 Å². The summed E-state index contributed by atoms with van der Waals surface area (Å²) in [6.07, 6.45) is -12.2. The molecule has 294 valence electrons. The molecule has 1 aliphatic rings. The molecule has 2 aromatic carbocycles. The lowest BCUT2D eigenvalue weighted by Gasteiger charge is -2.45. The molecule has 0 amide bonds. The molecule has 11 nitrogen and oxygen atoms in total. The third-order valence-electron chi connectivity index (χ3n) is 9.35. The number of hydrogen-bond donors (Lipinski definition) is 1. The normalized spacial score (nSPS) is 16.3. The molecular formula is C33H28F11N9O2. The van der Waals surface area contributed by atoms with Crippen LogP contribution in [0.3, 0.4) is 0 Å². The standard InChI is InChI=1S/C33H28F11N9O2/c1-19(30(55,15-51-17-45-16-47-51)24-4-2-22(34)12-26(24)35)49-6-8-50(9-7-49)23-3-5-27(46-13-23)52-18-48-53(29(52)54)14-20-10-21(31(36,37)38)11-25(32(39,40)41)28(20)33(42,43)44/h2-5,10-13,16-19,55H,6-9,14-15H2,1H3/t19-,30-/m1/s1. The number of piperazine rings is 1. The van der Waals surface area contributed by atoms with Gasteiger partial charge in [-0.05, 0) is 42.8 Å². The van der Waals surface area contributed by atoms with Gasteiger partial charge in [0.25, 0.3) is 0 Å². The summed E-state index contributed by atoms with van der Waals surface area (Å²) < 4.78 is 154.